The van der Waals surface area contributed by atoms with Crippen molar-refractivity contribution in [1.82, 2.24) is 19.9 Å². The summed E-state index contributed by atoms with van der Waals surface area (Å²) in [4.78, 5) is 23.8. The van der Waals surface area contributed by atoms with E-state index in [1.165, 1.54) is 6.07 Å². The third kappa shape index (κ3) is 5.15. The number of carbonyl (C=O) groups excluding carboxylic acids is 1. The number of nitrogens with zero attached hydrogens (tertiary/aromatic N) is 5. The van der Waals surface area contributed by atoms with E-state index < -0.39 is 0 Å². The van der Waals surface area contributed by atoms with Crippen LogP contribution in [-0.4, -0.2) is 65.1 Å². The lowest BCUT2D eigenvalue weighted by molar-refractivity contribution is -0.137. The van der Waals surface area contributed by atoms with Crippen molar-refractivity contribution in [1.29, 1.82) is 0 Å². The molecule has 2 aromatic carbocycles. The summed E-state index contributed by atoms with van der Waals surface area (Å²) in [6.45, 7) is 4.81. The number of rotatable bonds is 5. The fraction of sp³-hybridized carbons (Fsp3) is 0.400. The molecule has 3 aromatic rings. The molecule has 0 N–H and O–H groups in total. The molecule has 3 heterocycles. The SMILES string of the molecule is O=C(C1CCN(Cc2nc(-c3ccc(Br)cc3)no2)CC1)N1CCN(c2ccccc2F)CC1. The summed E-state index contributed by atoms with van der Waals surface area (Å²) in [5.74, 6) is 1.23. The van der Waals surface area contributed by atoms with Gasteiger partial charge in [-0.3, -0.25) is 9.69 Å². The van der Waals surface area contributed by atoms with E-state index in [1.807, 2.05) is 40.1 Å². The maximum absolute atomic E-state index is 14.1. The molecule has 7 nitrogen and oxygen atoms in total. The smallest absolute Gasteiger partial charge is 0.241 e. The monoisotopic (exact) mass is 527 g/mol. The molecule has 9 heteroatoms. The number of halogens is 2. The first kappa shape index (κ1) is 23.0. The van der Waals surface area contributed by atoms with Gasteiger partial charge in [0.1, 0.15) is 5.82 Å². The normalized spacial score (nSPS) is 17.8. The molecule has 1 amide bonds. The van der Waals surface area contributed by atoms with Crippen LogP contribution in [0.3, 0.4) is 0 Å². The van der Waals surface area contributed by atoms with Crippen LogP contribution in [0.5, 0.6) is 0 Å². The van der Waals surface area contributed by atoms with Gasteiger partial charge >= 0.3 is 0 Å². The van der Waals surface area contributed by atoms with E-state index in [2.05, 4.69) is 31.0 Å². The molecule has 2 fully saturated rings. The maximum Gasteiger partial charge on any atom is 0.241 e. The van der Waals surface area contributed by atoms with Crippen LogP contribution in [0.15, 0.2) is 57.5 Å². The van der Waals surface area contributed by atoms with Gasteiger partial charge in [0.2, 0.25) is 17.6 Å². The summed E-state index contributed by atoms with van der Waals surface area (Å²) >= 11 is 3.43. The molecule has 0 bridgehead atoms. The molecular formula is C25H27BrFN5O2. The summed E-state index contributed by atoms with van der Waals surface area (Å²) in [5, 5.41) is 4.10. The van der Waals surface area contributed by atoms with Crippen molar-refractivity contribution >= 4 is 27.5 Å². The third-order valence-corrected chi connectivity index (χ3v) is 7.18. The van der Waals surface area contributed by atoms with Crippen molar-refractivity contribution in [3.63, 3.8) is 0 Å². The number of piperidine rings is 1. The molecule has 5 rings (SSSR count). The summed E-state index contributed by atoms with van der Waals surface area (Å²) in [6.07, 6.45) is 1.64. The number of piperazine rings is 1. The number of amides is 1. The van der Waals surface area contributed by atoms with Gasteiger partial charge in [0.05, 0.1) is 12.2 Å². The minimum Gasteiger partial charge on any atom is -0.366 e. The van der Waals surface area contributed by atoms with E-state index in [1.54, 1.807) is 12.1 Å². The molecule has 0 unspecified atom stereocenters. The molecule has 2 saturated heterocycles. The fourth-order valence-corrected chi connectivity index (χ4v) is 4.96. The molecule has 2 aliphatic heterocycles. The molecule has 0 radical (unpaired) electrons. The lowest BCUT2D eigenvalue weighted by Gasteiger charge is -2.39. The van der Waals surface area contributed by atoms with Gasteiger partial charge in [0, 0.05) is 42.1 Å². The van der Waals surface area contributed by atoms with E-state index >= 15 is 0 Å². The molecule has 2 aliphatic rings. The number of likely N-dealkylation sites (tertiary alicyclic amines) is 1. The Bertz CT molecular complexity index is 1120. The Balaban J connectivity index is 1.09. The lowest BCUT2D eigenvalue weighted by Crippen LogP contribution is -2.51. The quantitative estimate of drug-likeness (QED) is 0.495. The zero-order chi connectivity index (χ0) is 23.5. The number of para-hydroxylation sites is 1. The van der Waals surface area contributed by atoms with Crippen molar-refractivity contribution in [3.8, 4) is 11.4 Å². The topological polar surface area (TPSA) is 65.7 Å². The molecule has 1 aromatic heterocycles. The predicted octanol–water partition coefficient (Wildman–Crippen LogP) is 4.20. The predicted molar refractivity (Wildman–Crippen MR) is 131 cm³/mol. The molecule has 34 heavy (non-hydrogen) atoms. The van der Waals surface area contributed by atoms with E-state index in [9.17, 15) is 9.18 Å². The summed E-state index contributed by atoms with van der Waals surface area (Å²) < 4.78 is 20.5. The van der Waals surface area contributed by atoms with Crippen molar-refractivity contribution in [2.75, 3.05) is 44.2 Å². The van der Waals surface area contributed by atoms with Gasteiger partial charge in [-0.1, -0.05) is 33.2 Å². The van der Waals surface area contributed by atoms with Crippen LogP contribution >= 0.6 is 15.9 Å². The zero-order valence-electron chi connectivity index (χ0n) is 18.9. The molecular weight excluding hydrogens is 501 g/mol. The Morgan fingerprint density at radius 2 is 1.71 bits per heavy atom. The highest BCUT2D eigenvalue weighted by molar-refractivity contribution is 9.10. The molecule has 0 spiro atoms. The summed E-state index contributed by atoms with van der Waals surface area (Å²) in [6, 6.07) is 14.6. The Morgan fingerprint density at radius 1 is 1.00 bits per heavy atom. The van der Waals surface area contributed by atoms with Gasteiger partial charge in [0.25, 0.3) is 0 Å². The number of benzene rings is 2. The first-order chi connectivity index (χ1) is 16.6. The highest BCUT2D eigenvalue weighted by atomic mass is 79.9. The molecule has 0 atom stereocenters. The Kier molecular flexibility index (Phi) is 6.92. The summed E-state index contributed by atoms with van der Waals surface area (Å²) in [5.41, 5.74) is 1.53. The van der Waals surface area contributed by atoms with Crippen LogP contribution < -0.4 is 4.90 Å². The fourth-order valence-electron chi connectivity index (χ4n) is 4.70. The molecule has 0 saturated carbocycles. The standard InChI is InChI=1S/C25H27BrFN5O2/c26-20-7-5-18(6-8-20)24-28-23(34-29-24)17-30-11-9-19(10-12-30)25(33)32-15-13-31(14-16-32)22-4-2-1-3-21(22)27/h1-8,19H,9-17H2. The van der Waals surface area contributed by atoms with Crippen LogP contribution in [0, 0.1) is 11.7 Å². The average molecular weight is 528 g/mol. The number of hydrogen-bond donors (Lipinski definition) is 0. The van der Waals surface area contributed by atoms with E-state index in [0.29, 0.717) is 50.1 Å². The van der Waals surface area contributed by atoms with Crippen LogP contribution in [0.4, 0.5) is 10.1 Å². The van der Waals surface area contributed by atoms with E-state index in [0.717, 1.165) is 36.0 Å². The Labute approximate surface area is 206 Å². The van der Waals surface area contributed by atoms with Gasteiger partial charge in [-0.05, 0) is 62.3 Å². The second kappa shape index (κ2) is 10.2. The second-order valence-corrected chi connectivity index (χ2v) is 9.75. The first-order valence-corrected chi connectivity index (χ1v) is 12.5. The second-order valence-electron chi connectivity index (χ2n) is 8.83. The number of hydrogen-bond acceptors (Lipinski definition) is 6. The van der Waals surface area contributed by atoms with Gasteiger partial charge in [-0.25, -0.2) is 4.39 Å². The zero-order valence-corrected chi connectivity index (χ0v) is 20.5. The highest BCUT2D eigenvalue weighted by Crippen LogP contribution is 2.25. The number of aromatic nitrogens is 2. The number of carbonyl (C=O) groups is 1. The highest BCUT2D eigenvalue weighted by Gasteiger charge is 2.31. The third-order valence-electron chi connectivity index (χ3n) is 6.65. The van der Waals surface area contributed by atoms with Gasteiger partial charge in [0.15, 0.2) is 0 Å². The summed E-state index contributed by atoms with van der Waals surface area (Å²) in [7, 11) is 0. The van der Waals surface area contributed by atoms with Crippen molar-refractivity contribution in [2.45, 2.75) is 19.4 Å². The minimum absolute atomic E-state index is 0.0391. The molecule has 178 valence electrons. The Morgan fingerprint density at radius 3 is 2.41 bits per heavy atom. The van der Waals surface area contributed by atoms with Gasteiger partial charge < -0.3 is 14.3 Å². The number of anilines is 1. The minimum atomic E-state index is -0.208. The lowest BCUT2D eigenvalue weighted by atomic mass is 9.95. The van der Waals surface area contributed by atoms with Crippen molar-refractivity contribution in [3.05, 3.63) is 64.7 Å². The molecule has 0 aliphatic carbocycles. The Hall–Kier alpha value is -2.78. The largest absolute Gasteiger partial charge is 0.366 e. The van der Waals surface area contributed by atoms with Crippen molar-refractivity contribution < 1.29 is 13.7 Å². The maximum atomic E-state index is 14.1. The van der Waals surface area contributed by atoms with Gasteiger partial charge in [-0.15, -0.1) is 0 Å². The van der Waals surface area contributed by atoms with Gasteiger partial charge in [-0.2, -0.15) is 4.98 Å². The van der Waals surface area contributed by atoms with E-state index in [-0.39, 0.29) is 17.6 Å². The van der Waals surface area contributed by atoms with Crippen LogP contribution in [0.1, 0.15) is 18.7 Å². The first-order valence-electron chi connectivity index (χ1n) is 11.7. The average Bonchev–Trinajstić information content (AvgIpc) is 3.33. The van der Waals surface area contributed by atoms with Crippen LogP contribution in [0.25, 0.3) is 11.4 Å². The van der Waals surface area contributed by atoms with Crippen LogP contribution in [-0.2, 0) is 11.3 Å². The van der Waals surface area contributed by atoms with Crippen LogP contribution in [0.2, 0.25) is 0 Å². The van der Waals surface area contributed by atoms with E-state index in [4.69, 9.17) is 4.52 Å². The van der Waals surface area contributed by atoms with Crippen molar-refractivity contribution in [2.24, 2.45) is 5.92 Å².